The smallest absolute Gasteiger partial charge is 0.255 e. The van der Waals surface area contributed by atoms with E-state index in [1.54, 1.807) is 24.3 Å². The Hall–Kier alpha value is -2.53. The Morgan fingerprint density at radius 1 is 1.19 bits per heavy atom. The lowest BCUT2D eigenvalue weighted by Gasteiger charge is -2.40. The molecule has 1 saturated carbocycles. The number of carbonyl (C=O) groups is 1. The second-order valence-corrected chi connectivity index (χ2v) is 7.81. The lowest BCUT2D eigenvalue weighted by atomic mass is 10.1. The molecule has 0 spiro atoms. The molecule has 2 aromatic rings. The normalized spacial score (nSPS) is 18.1. The number of para-hydroxylation sites is 2. The van der Waals surface area contributed by atoms with Crippen molar-refractivity contribution in [2.75, 3.05) is 30.7 Å². The van der Waals surface area contributed by atoms with Crippen molar-refractivity contribution < 1.29 is 9.53 Å². The molecule has 0 radical (unpaired) electrons. The predicted octanol–water partition coefficient (Wildman–Crippen LogP) is 4.02. The molecule has 5 nitrogen and oxygen atoms in total. The van der Waals surface area contributed by atoms with Crippen LogP contribution >= 0.6 is 0 Å². The molecule has 2 fully saturated rings. The lowest BCUT2D eigenvalue weighted by molar-refractivity contribution is 0.00898. The fourth-order valence-corrected chi connectivity index (χ4v) is 3.32. The summed E-state index contributed by atoms with van der Waals surface area (Å²) >= 11 is 0. The van der Waals surface area contributed by atoms with Gasteiger partial charge in [-0.1, -0.05) is 26.5 Å². The van der Waals surface area contributed by atoms with Crippen molar-refractivity contribution in [1.29, 1.82) is 0 Å². The summed E-state index contributed by atoms with van der Waals surface area (Å²) in [6.07, 6.45) is 2.96. The number of carbonyl (C=O) groups excluding carboxylic acids is 1. The van der Waals surface area contributed by atoms with Gasteiger partial charge in [0.15, 0.2) is 0 Å². The van der Waals surface area contributed by atoms with Gasteiger partial charge in [0.25, 0.3) is 5.91 Å². The van der Waals surface area contributed by atoms with Crippen molar-refractivity contribution in [2.45, 2.75) is 33.3 Å². The number of benzene rings is 2. The summed E-state index contributed by atoms with van der Waals surface area (Å²) in [5.41, 5.74) is 8.17. The summed E-state index contributed by atoms with van der Waals surface area (Å²) in [5, 5.41) is 2.83. The van der Waals surface area contributed by atoms with Crippen LogP contribution in [0.2, 0.25) is 0 Å². The Morgan fingerprint density at radius 3 is 2.48 bits per heavy atom. The van der Waals surface area contributed by atoms with E-state index < -0.39 is 0 Å². The van der Waals surface area contributed by atoms with E-state index in [2.05, 4.69) is 17.1 Å². The summed E-state index contributed by atoms with van der Waals surface area (Å²) < 4.78 is 5.99. The van der Waals surface area contributed by atoms with E-state index in [1.807, 2.05) is 24.3 Å². The third-order valence-corrected chi connectivity index (χ3v) is 5.26. The quantitative estimate of drug-likeness (QED) is 0.757. The van der Waals surface area contributed by atoms with E-state index in [1.165, 1.54) is 19.4 Å². The summed E-state index contributed by atoms with van der Waals surface area (Å²) in [4.78, 5) is 14.8. The monoisotopic (exact) mass is 367 g/mol. The maximum atomic E-state index is 12.3. The standard InChI is InChI=1S/C21H25N3O2.CH4/c1-21(10-11-21)14-24-12-17(13-24)26-16-8-6-15(7-9-16)20(25)23-19-5-3-2-4-18(19)22;/h2-9,17H,10-14,22H2,1H3,(H,23,25);1H4. The van der Waals surface area contributed by atoms with E-state index in [0.29, 0.717) is 22.4 Å². The zero-order chi connectivity index (χ0) is 18.1. The van der Waals surface area contributed by atoms with Crippen LogP contribution < -0.4 is 15.8 Å². The zero-order valence-electron chi connectivity index (χ0n) is 15.1. The average molecular weight is 367 g/mol. The molecule has 4 rings (SSSR count). The number of anilines is 2. The van der Waals surface area contributed by atoms with Gasteiger partial charge in [-0.15, -0.1) is 0 Å². The highest BCUT2D eigenvalue weighted by Gasteiger charge is 2.42. The fraction of sp³-hybridized carbons (Fsp3) is 0.409. The number of nitrogens with one attached hydrogen (secondary N) is 1. The van der Waals surface area contributed by atoms with Crippen LogP contribution in [0.5, 0.6) is 5.75 Å². The maximum absolute atomic E-state index is 12.3. The van der Waals surface area contributed by atoms with Gasteiger partial charge in [-0.2, -0.15) is 0 Å². The molecule has 0 atom stereocenters. The molecular formula is C22H29N3O2. The molecule has 3 N–H and O–H groups in total. The number of ether oxygens (including phenoxy) is 1. The SMILES string of the molecule is C.CC1(CN2CC(Oc3ccc(C(=O)Nc4ccccc4N)cc3)C2)CC1. The van der Waals surface area contributed by atoms with Crippen LogP contribution in [-0.4, -0.2) is 36.5 Å². The Labute approximate surface area is 161 Å². The molecule has 5 heteroatoms. The molecule has 1 saturated heterocycles. The van der Waals surface area contributed by atoms with Crippen molar-refractivity contribution in [3.8, 4) is 5.75 Å². The third-order valence-electron chi connectivity index (χ3n) is 5.26. The largest absolute Gasteiger partial charge is 0.488 e. The topological polar surface area (TPSA) is 67.6 Å². The van der Waals surface area contributed by atoms with Crippen molar-refractivity contribution in [3.63, 3.8) is 0 Å². The van der Waals surface area contributed by atoms with Gasteiger partial charge < -0.3 is 15.8 Å². The van der Waals surface area contributed by atoms with E-state index in [0.717, 1.165) is 18.8 Å². The third kappa shape index (κ3) is 4.61. The van der Waals surface area contributed by atoms with E-state index in [4.69, 9.17) is 10.5 Å². The van der Waals surface area contributed by atoms with Gasteiger partial charge in [0.1, 0.15) is 11.9 Å². The predicted molar refractivity (Wildman–Crippen MR) is 110 cm³/mol. The number of hydrogen-bond acceptors (Lipinski definition) is 4. The molecule has 1 aliphatic heterocycles. The maximum Gasteiger partial charge on any atom is 0.255 e. The van der Waals surface area contributed by atoms with Gasteiger partial charge in [-0.05, 0) is 54.7 Å². The first-order valence-electron chi connectivity index (χ1n) is 9.16. The van der Waals surface area contributed by atoms with Crippen LogP contribution in [0, 0.1) is 5.41 Å². The molecule has 144 valence electrons. The van der Waals surface area contributed by atoms with Gasteiger partial charge in [0.2, 0.25) is 0 Å². The van der Waals surface area contributed by atoms with Crippen LogP contribution in [0.4, 0.5) is 11.4 Å². The van der Waals surface area contributed by atoms with Crippen molar-refractivity contribution >= 4 is 17.3 Å². The summed E-state index contributed by atoms with van der Waals surface area (Å²) in [6.45, 7) is 5.53. The van der Waals surface area contributed by atoms with Crippen molar-refractivity contribution in [1.82, 2.24) is 4.90 Å². The van der Waals surface area contributed by atoms with Crippen LogP contribution in [-0.2, 0) is 0 Å². The van der Waals surface area contributed by atoms with Crippen LogP contribution in [0.25, 0.3) is 0 Å². The summed E-state index contributed by atoms with van der Waals surface area (Å²) in [7, 11) is 0. The minimum atomic E-state index is -0.179. The molecule has 2 aliphatic rings. The molecule has 1 heterocycles. The highest BCUT2D eigenvalue weighted by Crippen LogP contribution is 2.46. The van der Waals surface area contributed by atoms with E-state index >= 15 is 0 Å². The molecule has 0 unspecified atom stereocenters. The second kappa shape index (κ2) is 7.61. The Bertz CT molecular complexity index is 793. The van der Waals surface area contributed by atoms with Crippen LogP contribution in [0.15, 0.2) is 48.5 Å². The van der Waals surface area contributed by atoms with Gasteiger partial charge >= 0.3 is 0 Å². The second-order valence-electron chi connectivity index (χ2n) is 7.81. The Morgan fingerprint density at radius 2 is 1.85 bits per heavy atom. The average Bonchev–Trinajstić information content (AvgIpc) is 3.33. The first-order chi connectivity index (χ1) is 12.5. The number of amides is 1. The summed E-state index contributed by atoms with van der Waals surface area (Å²) in [6, 6.07) is 14.5. The highest BCUT2D eigenvalue weighted by atomic mass is 16.5. The number of hydrogen-bond donors (Lipinski definition) is 2. The number of nitrogens with two attached hydrogens (primary N) is 1. The zero-order valence-corrected chi connectivity index (χ0v) is 15.1. The molecule has 1 amide bonds. The molecule has 1 aliphatic carbocycles. The Balaban J connectivity index is 0.00000210. The van der Waals surface area contributed by atoms with Gasteiger partial charge in [0.05, 0.1) is 11.4 Å². The summed E-state index contributed by atoms with van der Waals surface area (Å²) in [5.74, 6) is 0.630. The molecule has 0 aromatic heterocycles. The van der Waals surface area contributed by atoms with Crippen LogP contribution in [0.3, 0.4) is 0 Å². The molecular weight excluding hydrogens is 338 g/mol. The lowest BCUT2D eigenvalue weighted by Crippen LogP contribution is -2.55. The Kier molecular flexibility index (Phi) is 5.42. The van der Waals surface area contributed by atoms with E-state index in [9.17, 15) is 4.79 Å². The van der Waals surface area contributed by atoms with Gasteiger partial charge in [-0.3, -0.25) is 9.69 Å². The van der Waals surface area contributed by atoms with E-state index in [-0.39, 0.29) is 19.4 Å². The minimum Gasteiger partial charge on any atom is -0.488 e. The number of nitrogen functional groups attached to an aromatic ring is 1. The molecule has 0 bridgehead atoms. The van der Waals surface area contributed by atoms with Crippen LogP contribution in [0.1, 0.15) is 37.6 Å². The number of likely N-dealkylation sites (tertiary alicyclic amines) is 1. The highest BCUT2D eigenvalue weighted by molar-refractivity contribution is 6.05. The number of rotatable bonds is 6. The van der Waals surface area contributed by atoms with Gasteiger partial charge in [0, 0.05) is 25.2 Å². The van der Waals surface area contributed by atoms with Crippen molar-refractivity contribution in [3.05, 3.63) is 54.1 Å². The van der Waals surface area contributed by atoms with Gasteiger partial charge in [-0.25, -0.2) is 0 Å². The molecule has 2 aromatic carbocycles. The first-order valence-corrected chi connectivity index (χ1v) is 9.16. The first kappa shape index (κ1) is 19.2. The molecule has 27 heavy (non-hydrogen) atoms. The fourth-order valence-electron chi connectivity index (χ4n) is 3.32. The van der Waals surface area contributed by atoms with Crippen molar-refractivity contribution in [2.24, 2.45) is 5.41 Å². The minimum absolute atomic E-state index is 0. The number of nitrogens with zero attached hydrogens (tertiary/aromatic N) is 1.